The van der Waals surface area contributed by atoms with Crippen LogP contribution in [0.1, 0.15) is 35.7 Å². The van der Waals surface area contributed by atoms with Gasteiger partial charge in [-0.15, -0.1) is 10.2 Å². The average molecular weight is 526 g/mol. The minimum absolute atomic E-state index is 0.105. The van der Waals surface area contributed by atoms with Gasteiger partial charge in [0.05, 0.1) is 11.6 Å². The highest BCUT2D eigenvalue weighted by Gasteiger charge is 2.43. The third-order valence-corrected chi connectivity index (χ3v) is 6.93. The van der Waals surface area contributed by atoms with Gasteiger partial charge in [0.15, 0.2) is 0 Å². The molecule has 0 aliphatic carbocycles. The summed E-state index contributed by atoms with van der Waals surface area (Å²) >= 11 is 0. The van der Waals surface area contributed by atoms with E-state index in [4.69, 9.17) is 0 Å². The Morgan fingerprint density at radius 1 is 1.05 bits per heavy atom. The number of benzene rings is 2. The smallest absolute Gasteiger partial charge is 0.326 e. The van der Waals surface area contributed by atoms with E-state index in [9.17, 15) is 19.5 Å². The van der Waals surface area contributed by atoms with Crippen molar-refractivity contribution in [2.75, 3.05) is 6.54 Å². The number of rotatable bonds is 8. The zero-order chi connectivity index (χ0) is 27.4. The molecule has 0 saturated carbocycles. The molecule has 3 heterocycles. The van der Waals surface area contributed by atoms with Crippen LogP contribution in [-0.2, 0) is 16.1 Å². The number of carbonyl (C=O) groups is 3. The van der Waals surface area contributed by atoms with Crippen molar-refractivity contribution < 1.29 is 19.5 Å². The van der Waals surface area contributed by atoms with Crippen molar-refractivity contribution in [2.24, 2.45) is 0 Å². The Hall–Kier alpha value is -4.93. The molecule has 11 heteroatoms. The van der Waals surface area contributed by atoms with E-state index >= 15 is 0 Å². The zero-order valence-corrected chi connectivity index (χ0v) is 21.3. The van der Waals surface area contributed by atoms with Crippen LogP contribution in [0.25, 0.3) is 22.5 Å². The van der Waals surface area contributed by atoms with E-state index in [-0.39, 0.29) is 25.3 Å². The van der Waals surface area contributed by atoms with Crippen molar-refractivity contribution in [2.45, 2.75) is 38.4 Å². The van der Waals surface area contributed by atoms with E-state index in [1.165, 1.54) is 11.1 Å². The Bertz CT molecular complexity index is 1460. The highest BCUT2D eigenvalue weighted by molar-refractivity contribution is 5.97. The number of aliphatic carboxylic acids is 1. The molecule has 4 aromatic rings. The van der Waals surface area contributed by atoms with E-state index < -0.39 is 24.0 Å². The summed E-state index contributed by atoms with van der Waals surface area (Å²) in [4.78, 5) is 45.2. The molecule has 5 rings (SSSR count). The normalized spacial score (nSPS) is 16.7. The van der Waals surface area contributed by atoms with Gasteiger partial charge >= 0.3 is 5.97 Å². The topological polar surface area (TPSA) is 145 Å². The summed E-state index contributed by atoms with van der Waals surface area (Å²) in [5, 5.41) is 24.2. The number of hydrogen-bond donors (Lipinski definition) is 2. The highest BCUT2D eigenvalue weighted by Crippen LogP contribution is 2.31. The number of hydrogen-bond acceptors (Lipinski definition) is 7. The van der Waals surface area contributed by atoms with Crippen molar-refractivity contribution in [3.63, 3.8) is 0 Å². The monoisotopic (exact) mass is 525 g/mol. The number of amides is 2. The lowest BCUT2D eigenvalue weighted by molar-refractivity contribution is -0.141. The molecule has 0 bridgehead atoms. The van der Waals surface area contributed by atoms with Gasteiger partial charge in [0.2, 0.25) is 11.7 Å². The van der Waals surface area contributed by atoms with Crippen LogP contribution in [0.2, 0.25) is 0 Å². The highest BCUT2D eigenvalue weighted by atomic mass is 16.4. The van der Waals surface area contributed by atoms with Gasteiger partial charge in [-0.2, -0.15) is 5.21 Å². The largest absolute Gasteiger partial charge is 0.480 e. The van der Waals surface area contributed by atoms with E-state index in [0.29, 0.717) is 17.9 Å². The van der Waals surface area contributed by atoms with Crippen LogP contribution in [0, 0.1) is 0 Å². The number of tetrazole rings is 1. The molecule has 0 radical (unpaired) electrons. The molecular weight excluding hydrogens is 498 g/mol. The SMILES string of the molecule is CCC(=O)N(Cc1ccc(-c2ccccc2-c2nn[nH]n2)cc1)C1CC(C(=O)O)N(C(=O)c2cccnc2)C1. The summed E-state index contributed by atoms with van der Waals surface area (Å²) in [7, 11) is 0. The van der Waals surface area contributed by atoms with Gasteiger partial charge in [-0.05, 0) is 34.0 Å². The summed E-state index contributed by atoms with van der Waals surface area (Å²) in [6.45, 7) is 2.20. The second-order valence-corrected chi connectivity index (χ2v) is 9.30. The van der Waals surface area contributed by atoms with Crippen LogP contribution in [0.3, 0.4) is 0 Å². The van der Waals surface area contributed by atoms with Crippen LogP contribution in [0.5, 0.6) is 0 Å². The minimum Gasteiger partial charge on any atom is -0.480 e. The number of carboxylic acid groups (broad SMARTS) is 1. The predicted octanol–water partition coefficient (Wildman–Crippen LogP) is 3.04. The first-order chi connectivity index (χ1) is 19.0. The molecule has 1 aliphatic heterocycles. The number of likely N-dealkylation sites (tertiary alicyclic amines) is 1. The number of aromatic amines is 1. The molecule has 2 N–H and O–H groups in total. The summed E-state index contributed by atoms with van der Waals surface area (Å²) in [5.41, 5.74) is 3.94. The van der Waals surface area contributed by atoms with E-state index in [1.807, 2.05) is 48.5 Å². The van der Waals surface area contributed by atoms with Gasteiger partial charge in [-0.1, -0.05) is 55.5 Å². The molecule has 2 amide bonds. The van der Waals surface area contributed by atoms with Gasteiger partial charge in [0.25, 0.3) is 5.91 Å². The fourth-order valence-corrected chi connectivity index (χ4v) is 4.97. The molecule has 2 atom stereocenters. The van der Waals surface area contributed by atoms with Gasteiger partial charge in [-0.25, -0.2) is 4.79 Å². The van der Waals surface area contributed by atoms with Crippen molar-refractivity contribution in [1.82, 2.24) is 35.4 Å². The first-order valence-electron chi connectivity index (χ1n) is 12.6. The average Bonchev–Trinajstić information content (AvgIpc) is 3.67. The molecule has 39 heavy (non-hydrogen) atoms. The third kappa shape index (κ3) is 5.37. The Balaban J connectivity index is 1.37. The molecular formula is C28H27N7O4. The third-order valence-electron chi connectivity index (χ3n) is 6.93. The maximum absolute atomic E-state index is 13.1. The van der Waals surface area contributed by atoms with Gasteiger partial charge in [0.1, 0.15) is 6.04 Å². The molecule has 2 unspecified atom stereocenters. The van der Waals surface area contributed by atoms with Gasteiger partial charge < -0.3 is 14.9 Å². The van der Waals surface area contributed by atoms with Crippen molar-refractivity contribution in [3.8, 4) is 22.5 Å². The van der Waals surface area contributed by atoms with Crippen molar-refractivity contribution in [1.29, 1.82) is 0 Å². The maximum Gasteiger partial charge on any atom is 0.326 e. The number of aromatic nitrogens is 5. The summed E-state index contributed by atoms with van der Waals surface area (Å²) < 4.78 is 0. The van der Waals surface area contributed by atoms with Crippen LogP contribution < -0.4 is 0 Å². The van der Waals surface area contributed by atoms with Crippen molar-refractivity contribution in [3.05, 3.63) is 84.2 Å². The second kappa shape index (κ2) is 11.2. The number of nitrogens with one attached hydrogen (secondary N) is 1. The Kier molecular flexibility index (Phi) is 7.39. The minimum atomic E-state index is -1.09. The molecule has 1 saturated heterocycles. The molecule has 2 aromatic heterocycles. The quantitative estimate of drug-likeness (QED) is 0.357. The second-order valence-electron chi connectivity index (χ2n) is 9.30. The maximum atomic E-state index is 13.1. The zero-order valence-electron chi connectivity index (χ0n) is 21.3. The number of carbonyl (C=O) groups excluding carboxylic acids is 2. The molecule has 1 aliphatic rings. The molecule has 11 nitrogen and oxygen atoms in total. The summed E-state index contributed by atoms with van der Waals surface area (Å²) in [6.07, 6.45) is 3.39. The molecule has 1 fully saturated rings. The Labute approximate surface area is 224 Å². The molecule has 2 aromatic carbocycles. The number of nitrogens with zero attached hydrogens (tertiary/aromatic N) is 6. The Morgan fingerprint density at radius 2 is 1.82 bits per heavy atom. The fourth-order valence-electron chi connectivity index (χ4n) is 4.97. The lowest BCUT2D eigenvalue weighted by Gasteiger charge is -2.29. The van der Waals surface area contributed by atoms with Crippen LogP contribution in [0.4, 0.5) is 0 Å². The van der Waals surface area contributed by atoms with Gasteiger partial charge in [-0.3, -0.25) is 14.6 Å². The van der Waals surface area contributed by atoms with Crippen LogP contribution >= 0.6 is 0 Å². The summed E-state index contributed by atoms with van der Waals surface area (Å²) in [6, 6.07) is 17.4. The first kappa shape index (κ1) is 25.7. The van der Waals surface area contributed by atoms with E-state index in [2.05, 4.69) is 25.6 Å². The number of H-pyrrole nitrogens is 1. The summed E-state index contributed by atoms with van der Waals surface area (Å²) in [5.74, 6) is -1.12. The van der Waals surface area contributed by atoms with Crippen LogP contribution in [0.15, 0.2) is 73.1 Å². The van der Waals surface area contributed by atoms with Crippen LogP contribution in [-0.4, -0.2) is 76.9 Å². The Morgan fingerprint density at radius 3 is 2.46 bits per heavy atom. The predicted molar refractivity (Wildman–Crippen MR) is 141 cm³/mol. The molecule has 198 valence electrons. The van der Waals surface area contributed by atoms with Crippen molar-refractivity contribution >= 4 is 17.8 Å². The van der Waals surface area contributed by atoms with E-state index in [0.717, 1.165) is 22.3 Å². The molecule has 0 spiro atoms. The van der Waals surface area contributed by atoms with Gasteiger partial charge in [0, 0.05) is 43.9 Å². The lowest BCUT2D eigenvalue weighted by atomic mass is 9.98. The lowest BCUT2D eigenvalue weighted by Crippen LogP contribution is -2.43. The van der Waals surface area contributed by atoms with E-state index in [1.54, 1.807) is 30.2 Å². The first-order valence-corrected chi connectivity index (χ1v) is 12.6. The number of carboxylic acids is 1. The number of pyridine rings is 1. The fraction of sp³-hybridized carbons (Fsp3) is 0.250. The standard InChI is InChI=1S/C28H27N7O4/c1-2-25(36)34(21-14-24(28(38)39)35(17-21)27(37)20-6-5-13-29-15-20)16-18-9-11-19(12-10-18)22-7-3-4-8-23(22)26-30-32-33-31-26/h3-13,15,21,24H,2,14,16-17H2,1H3,(H,38,39)(H,30,31,32,33).